The van der Waals surface area contributed by atoms with Crippen molar-refractivity contribution in [2.45, 2.75) is 31.7 Å². The number of hydrogen-bond donors (Lipinski definition) is 1. The van der Waals surface area contributed by atoms with Gasteiger partial charge in [0.25, 0.3) is 5.91 Å². The third-order valence-electron chi connectivity index (χ3n) is 4.16. The van der Waals surface area contributed by atoms with Crippen LogP contribution in [0.3, 0.4) is 0 Å². The Morgan fingerprint density at radius 1 is 1.12 bits per heavy atom. The van der Waals surface area contributed by atoms with E-state index in [2.05, 4.69) is 5.32 Å². The molecule has 140 valence electrons. The normalized spacial score (nSPS) is 12.8. The van der Waals surface area contributed by atoms with Crippen LogP contribution in [0.1, 0.15) is 42.7 Å². The third kappa shape index (κ3) is 4.63. The second-order valence-electron chi connectivity index (χ2n) is 5.86. The van der Waals surface area contributed by atoms with Crippen molar-refractivity contribution in [2.24, 2.45) is 0 Å². The first kappa shape index (κ1) is 20.4. The largest absolute Gasteiger partial charge is 0.346 e. The van der Waals surface area contributed by atoms with Gasteiger partial charge in [-0.2, -0.15) is 4.31 Å². The van der Waals surface area contributed by atoms with Gasteiger partial charge in [-0.25, -0.2) is 8.42 Å². The maximum atomic E-state index is 12.5. The highest BCUT2D eigenvalue weighted by molar-refractivity contribution is 7.89. The maximum Gasteiger partial charge on any atom is 0.251 e. The number of amides is 1. The van der Waals surface area contributed by atoms with Crippen molar-refractivity contribution in [1.29, 1.82) is 0 Å². The predicted octanol–water partition coefficient (Wildman–Crippen LogP) is 3.86. The Bertz CT molecular complexity index is 863. The molecule has 1 unspecified atom stereocenters. The fourth-order valence-corrected chi connectivity index (χ4v) is 4.28. The van der Waals surface area contributed by atoms with E-state index in [4.69, 9.17) is 11.6 Å². The van der Waals surface area contributed by atoms with E-state index in [0.29, 0.717) is 23.7 Å². The van der Waals surface area contributed by atoms with Gasteiger partial charge in [0.05, 0.1) is 10.9 Å². The Morgan fingerprint density at radius 3 is 2.27 bits per heavy atom. The zero-order chi connectivity index (χ0) is 19.3. The third-order valence-corrected chi connectivity index (χ3v) is 6.46. The lowest BCUT2D eigenvalue weighted by molar-refractivity contribution is 0.0940. The molecule has 1 amide bonds. The van der Waals surface area contributed by atoms with Crippen LogP contribution in [0.15, 0.2) is 53.4 Å². The zero-order valence-corrected chi connectivity index (χ0v) is 16.6. The van der Waals surface area contributed by atoms with Crippen molar-refractivity contribution >= 4 is 27.5 Å². The molecule has 1 atom stereocenters. The smallest absolute Gasteiger partial charge is 0.251 e. The minimum absolute atomic E-state index is 0.236. The first-order chi connectivity index (χ1) is 12.3. The summed E-state index contributed by atoms with van der Waals surface area (Å²) in [6, 6.07) is 13.0. The molecule has 0 fully saturated rings. The van der Waals surface area contributed by atoms with E-state index in [1.807, 2.05) is 20.8 Å². The van der Waals surface area contributed by atoms with Gasteiger partial charge in [-0.1, -0.05) is 43.6 Å². The standard InChI is InChI=1S/C19H23ClN2O3S/c1-4-22(5-2)26(24,25)18-11-9-15(10-12-18)14(3)21-19(23)16-7-6-8-17(20)13-16/h6-14H,4-5H2,1-3H3,(H,21,23). The Labute approximate surface area is 160 Å². The summed E-state index contributed by atoms with van der Waals surface area (Å²) in [6.45, 7) is 6.31. The summed E-state index contributed by atoms with van der Waals surface area (Å²) in [5, 5.41) is 3.38. The highest BCUT2D eigenvalue weighted by Crippen LogP contribution is 2.20. The first-order valence-electron chi connectivity index (χ1n) is 8.46. The molecular formula is C19H23ClN2O3S. The van der Waals surface area contributed by atoms with Crippen molar-refractivity contribution in [3.8, 4) is 0 Å². The van der Waals surface area contributed by atoms with Crippen LogP contribution in [0.25, 0.3) is 0 Å². The lowest BCUT2D eigenvalue weighted by Crippen LogP contribution is -2.30. The van der Waals surface area contributed by atoms with Crippen LogP contribution in [0.5, 0.6) is 0 Å². The van der Waals surface area contributed by atoms with Gasteiger partial charge in [-0.3, -0.25) is 4.79 Å². The van der Waals surface area contributed by atoms with Crippen molar-refractivity contribution in [2.75, 3.05) is 13.1 Å². The molecule has 2 rings (SSSR count). The van der Waals surface area contributed by atoms with Crippen molar-refractivity contribution in [3.05, 3.63) is 64.7 Å². The molecule has 0 aliphatic carbocycles. The summed E-state index contributed by atoms with van der Waals surface area (Å²) in [5.41, 5.74) is 1.30. The number of carbonyl (C=O) groups excluding carboxylic acids is 1. The lowest BCUT2D eigenvalue weighted by Gasteiger charge is -2.19. The van der Waals surface area contributed by atoms with Gasteiger partial charge in [0.2, 0.25) is 10.0 Å². The first-order valence-corrected chi connectivity index (χ1v) is 10.3. The average Bonchev–Trinajstić information content (AvgIpc) is 2.62. The molecule has 0 spiro atoms. The minimum atomic E-state index is -3.48. The molecule has 5 nitrogen and oxygen atoms in total. The van der Waals surface area contributed by atoms with Gasteiger partial charge in [0.15, 0.2) is 0 Å². The van der Waals surface area contributed by atoms with Crippen molar-refractivity contribution in [1.82, 2.24) is 9.62 Å². The van der Waals surface area contributed by atoms with E-state index >= 15 is 0 Å². The van der Waals surface area contributed by atoms with Gasteiger partial charge in [0, 0.05) is 23.7 Å². The number of benzene rings is 2. The van der Waals surface area contributed by atoms with Crippen LogP contribution in [0.4, 0.5) is 0 Å². The SMILES string of the molecule is CCN(CC)S(=O)(=O)c1ccc(C(C)NC(=O)c2cccc(Cl)c2)cc1. The number of sulfonamides is 1. The van der Waals surface area contributed by atoms with Crippen LogP contribution in [0.2, 0.25) is 5.02 Å². The summed E-state index contributed by atoms with van der Waals surface area (Å²) in [4.78, 5) is 12.5. The molecule has 0 aromatic heterocycles. The molecular weight excluding hydrogens is 372 g/mol. The molecule has 0 aliphatic heterocycles. The molecule has 0 saturated carbocycles. The lowest BCUT2D eigenvalue weighted by atomic mass is 10.1. The molecule has 0 radical (unpaired) electrons. The predicted molar refractivity (Wildman–Crippen MR) is 104 cm³/mol. The quantitative estimate of drug-likeness (QED) is 0.775. The Balaban J connectivity index is 2.14. The summed E-state index contributed by atoms with van der Waals surface area (Å²) < 4.78 is 26.4. The Kier molecular flexibility index (Phi) is 6.81. The van der Waals surface area contributed by atoms with Gasteiger partial charge in [-0.15, -0.1) is 0 Å². The van der Waals surface area contributed by atoms with Crippen LogP contribution in [-0.4, -0.2) is 31.7 Å². The molecule has 1 N–H and O–H groups in total. The summed E-state index contributed by atoms with van der Waals surface area (Å²) in [5.74, 6) is -0.236. The molecule has 26 heavy (non-hydrogen) atoms. The van der Waals surface area contributed by atoms with Gasteiger partial charge >= 0.3 is 0 Å². The summed E-state index contributed by atoms with van der Waals surface area (Å²) in [7, 11) is -3.48. The minimum Gasteiger partial charge on any atom is -0.346 e. The molecule has 0 aliphatic rings. The maximum absolute atomic E-state index is 12.5. The van der Waals surface area contributed by atoms with E-state index in [-0.39, 0.29) is 16.8 Å². The molecule has 0 bridgehead atoms. The van der Waals surface area contributed by atoms with E-state index in [9.17, 15) is 13.2 Å². The number of rotatable bonds is 7. The fraction of sp³-hybridized carbons (Fsp3) is 0.316. The topological polar surface area (TPSA) is 66.5 Å². The average molecular weight is 395 g/mol. The highest BCUT2D eigenvalue weighted by atomic mass is 35.5. The van der Waals surface area contributed by atoms with Crippen LogP contribution >= 0.6 is 11.6 Å². The van der Waals surface area contributed by atoms with E-state index in [1.165, 1.54) is 4.31 Å². The van der Waals surface area contributed by atoms with Crippen LogP contribution in [0, 0.1) is 0 Å². The summed E-state index contributed by atoms with van der Waals surface area (Å²) >= 11 is 5.91. The molecule has 2 aromatic carbocycles. The van der Waals surface area contributed by atoms with Crippen LogP contribution in [-0.2, 0) is 10.0 Å². The van der Waals surface area contributed by atoms with Gasteiger partial charge in [-0.05, 0) is 42.8 Å². The molecule has 0 saturated heterocycles. The van der Waals surface area contributed by atoms with Gasteiger partial charge < -0.3 is 5.32 Å². The van der Waals surface area contributed by atoms with Gasteiger partial charge in [0.1, 0.15) is 0 Å². The fourth-order valence-electron chi connectivity index (χ4n) is 2.63. The Hall–Kier alpha value is -1.89. The van der Waals surface area contributed by atoms with E-state index < -0.39 is 10.0 Å². The number of nitrogens with one attached hydrogen (secondary N) is 1. The van der Waals surface area contributed by atoms with Crippen molar-refractivity contribution < 1.29 is 13.2 Å². The number of halogens is 1. The number of nitrogens with zero attached hydrogens (tertiary/aromatic N) is 1. The second kappa shape index (κ2) is 8.66. The van der Waals surface area contributed by atoms with E-state index in [0.717, 1.165) is 5.56 Å². The summed E-state index contributed by atoms with van der Waals surface area (Å²) in [6.07, 6.45) is 0. The molecule has 7 heteroatoms. The molecule has 2 aromatic rings. The number of carbonyl (C=O) groups is 1. The number of hydrogen-bond acceptors (Lipinski definition) is 3. The monoisotopic (exact) mass is 394 g/mol. The van der Waals surface area contributed by atoms with E-state index in [1.54, 1.807) is 48.5 Å². The zero-order valence-electron chi connectivity index (χ0n) is 15.1. The highest BCUT2D eigenvalue weighted by Gasteiger charge is 2.21. The van der Waals surface area contributed by atoms with Crippen LogP contribution < -0.4 is 5.32 Å². The Morgan fingerprint density at radius 2 is 1.73 bits per heavy atom. The molecule has 0 heterocycles. The van der Waals surface area contributed by atoms with Crippen molar-refractivity contribution in [3.63, 3.8) is 0 Å². The second-order valence-corrected chi connectivity index (χ2v) is 8.24.